The summed E-state index contributed by atoms with van der Waals surface area (Å²) in [6.07, 6.45) is -1.29. The van der Waals surface area contributed by atoms with Crippen LogP contribution in [0.5, 0.6) is 0 Å². The van der Waals surface area contributed by atoms with Gasteiger partial charge in [-0.2, -0.15) is 0 Å². The summed E-state index contributed by atoms with van der Waals surface area (Å²) in [4.78, 5) is 35.9. The minimum absolute atomic E-state index is 0.0646. The maximum Gasteiger partial charge on any atom is 0.407 e. The number of nitrogens with one attached hydrogen (secondary N) is 2. The third-order valence-electron chi connectivity index (χ3n) is 6.06. The van der Waals surface area contributed by atoms with Crippen LogP contribution in [0.15, 0.2) is 48.5 Å². The maximum absolute atomic E-state index is 12.2. The molecule has 0 saturated heterocycles. The first-order valence-electron chi connectivity index (χ1n) is 11.8. The Morgan fingerprint density at radius 3 is 2.11 bits per heavy atom. The molecule has 0 fully saturated rings. The number of aliphatic hydroxyl groups is 1. The van der Waals surface area contributed by atoms with Gasteiger partial charge in [-0.05, 0) is 40.5 Å². The van der Waals surface area contributed by atoms with Crippen molar-refractivity contribution >= 4 is 18.0 Å². The standard InChI is InChI=1S/C27H34N2O6/c1-27(2,3)13-12-23(25(32)33)29-24(31)14-17(30)15-28-26(34)35-16-22-20-10-6-4-8-18(20)19-9-5-7-11-21(19)22/h4-11,17,22-23,30H,12-16H2,1-3H3,(H,28,34)(H,29,31)(H,32,33). The largest absolute Gasteiger partial charge is 0.480 e. The van der Waals surface area contributed by atoms with Crippen LogP contribution in [0.2, 0.25) is 0 Å². The van der Waals surface area contributed by atoms with E-state index in [4.69, 9.17) is 4.74 Å². The molecule has 0 bridgehead atoms. The highest BCUT2D eigenvalue weighted by Gasteiger charge is 2.29. The minimum atomic E-state index is -1.17. The van der Waals surface area contributed by atoms with Crippen LogP contribution in [0, 0.1) is 5.41 Å². The number of hydrogen-bond acceptors (Lipinski definition) is 5. The Bertz CT molecular complexity index is 1020. The van der Waals surface area contributed by atoms with Gasteiger partial charge in [-0.25, -0.2) is 9.59 Å². The summed E-state index contributed by atoms with van der Waals surface area (Å²) in [5, 5.41) is 24.4. The summed E-state index contributed by atoms with van der Waals surface area (Å²) in [6.45, 7) is 5.93. The fourth-order valence-electron chi connectivity index (χ4n) is 4.22. The van der Waals surface area contributed by atoms with Crippen molar-refractivity contribution in [1.82, 2.24) is 10.6 Å². The van der Waals surface area contributed by atoms with E-state index < -0.39 is 30.1 Å². The number of carbonyl (C=O) groups excluding carboxylic acids is 2. The number of carboxylic acids is 1. The van der Waals surface area contributed by atoms with Crippen molar-refractivity contribution in [3.8, 4) is 11.1 Å². The van der Waals surface area contributed by atoms with Gasteiger partial charge in [0.1, 0.15) is 12.6 Å². The van der Waals surface area contributed by atoms with Crippen molar-refractivity contribution in [2.75, 3.05) is 13.2 Å². The highest BCUT2D eigenvalue weighted by atomic mass is 16.5. The molecule has 0 heterocycles. The van der Waals surface area contributed by atoms with Crippen molar-refractivity contribution in [2.24, 2.45) is 5.41 Å². The molecule has 2 aromatic rings. The summed E-state index contributed by atoms with van der Waals surface area (Å²) in [7, 11) is 0. The second kappa shape index (κ2) is 11.4. The Morgan fingerprint density at radius 2 is 1.57 bits per heavy atom. The lowest BCUT2D eigenvalue weighted by Gasteiger charge is -2.22. The molecule has 0 saturated carbocycles. The molecule has 0 aliphatic heterocycles. The molecule has 1 aliphatic rings. The Hall–Kier alpha value is -3.39. The second-order valence-electron chi connectivity index (χ2n) is 10.1. The number of rotatable bonds is 10. The van der Waals surface area contributed by atoms with E-state index in [1.807, 2.05) is 69.3 Å². The number of aliphatic hydroxyl groups excluding tert-OH is 1. The molecule has 4 N–H and O–H groups in total. The van der Waals surface area contributed by atoms with Crippen LogP contribution < -0.4 is 10.6 Å². The Labute approximate surface area is 205 Å². The molecule has 8 nitrogen and oxygen atoms in total. The van der Waals surface area contributed by atoms with Crippen molar-refractivity contribution in [2.45, 2.75) is 58.1 Å². The average molecular weight is 483 g/mol. The number of amides is 2. The number of fused-ring (bicyclic) bond motifs is 3. The van der Waals surface area contributed by atoms with Crippen molar-refractivity contribution in [1.29, 1.82) is 0 Å². The normalized spacial score (nSPS) is 14.4. The number of hydrogen-bond donors (Lipinski definition) is 4. The lowest BCUT2D eigenvalue weighted by molar-refractivity contribution is -0.142. The van der Waals surface area contributed by atoms with Gasteiger partial charge in [0.25, 0.3) is 0 Å². The predicted molar refractivity (Wildman–Crippen MR) is 132 cm³/mol. The zero-order valence-corrected chi connectivity index (χ0v) is 20.4. The summed E-state index contributed by atoms with van der Waals surface area (Å²) in [6, 6.07) is 15.0. The molecule has 0 radical (unpaired) electrons. The van der Waals surface area contributed by atoms with E-state index in [9.17, 15) is 24.6 Å². The van der Waals surface area contributed by atoms with Crippen LogP contribution in [0.1, 0.15) is 57.1 Å². The first-order chi connectivity index (χ1) is 16.5. The van der Waals surface area contributed by atoms with E-state index in [-0.39, 0.29) is 30.9 Å². The van der Waals surface area contributed by atoms with Gasteiger partial charge in [-0.15, -0.1) is 0 Å². The van der Waals surface area contributed by atoms with Crippen molar-refractivity contribution < 1.29 is 29.3 Å². The quantitative estimate of drug-likeness (QED) is 0.410. The Kier molecular flexibility index (Phi) is 8.51. The molecule has 188 valence electrons. The first kappa shape index (κ1) is 26.2. The van der Waals surface area contributed by atoms with Gasteiger partial charge in [0.2, 0.25) is 5.91 Å². The molecule has 8 heteroatoms. The molecule has 0 aromatic heterocycles. The number of carboxylic acid groups (broad SMARTS) is 1. The van der Waals surface area contributed by atoms with Gasteiger partial charge in [-0.3, -0.25) is 4.79 Å². The van der Waals surface area contributed by atoms with Crippen LogP contribution in [-0.4, -0.2) is 53.5 Å². The fraction of sp³-hybridized carbons (Fsp3) is 0.444. The summed E-state index contributed by atoms with van der Waals surface area (Å²) in [5.74, 6) is -1.79. The third-order valence-corrected chi connectivity index (χ3v) is 6.06. The van der Waals surface area contributed by atoms with E-state index in [0.717, 1.165) is 22.3 Å². The van der Waals surface area contributed by atoms with E-state index in [0.29, 0.717) is 12.8 Å². The predicted octanol–water partition coefficient (Wildman–Crippen LogP) is 3.67. The van der Waals surface area contributed by atoms with E-state index in [2.05, 4.69) is 10.6 Å². The number of carbonyl (C=O) groups is 3. The molecular formula is C27H34N2O6. The number of alkyl carbamates (subject to hydrolysis) is 1. The van der Waals surface area contributed by atoms with Gasteiger partial charge in [0.05, 0.1) is 12.5 Å². The van der Waals surface area contributed by atoms with E-state index >= 15 is 0 Å². The zero-order chi connectivity index (χ0) is 25.6. The smallest absolute Gasteiger partial charge is 0.407 e. The molecule has 2 amide bonds. The first-order valence-corrected chi connectivity index (χ1v) is 11.8. The SMILES string of the molecule is CC(C)(C)CCC(NC(=O)CC(O)CNC(=O)OCC1c2ccccc2-c2ccccc21)C(=O)O. The molecule has 2 aromatic carbocycles. The Morgan fingerprint density at radius 1 is 1.00 bits per heavy atom. The zero-order valence-electron chi connectivity index (χ0n) is 20.4. The Balaban J connectivity index is 1.44. The number of aliphatic carboxylic acids is 1. The third kappa shape index (κ3) is 7.29. The number of ether oxygens (including phenoxy) is 1. The minimum Gasteiger partial charge on any atom is -0.480 e. The fourth-order valence-corrected chi connectivity index (χ4v) is 4.22. The van der Waals surface area contributed by atoms with Crippen molar-refractivity contribution in [3.05, 3.63) is 59.7 Å². The molecule has 3 rings (SSSR count). The monoisotopic (exact) mass is 482 g/mol. The van der Waals surface area contributed by atoms with Crippen LogP contribution in [0.4, 0.5) is 4.79 Å². The molecule has 2 unspecified atom stereocenters. The summed E-state index contributed by atoms with van der Waals surface area (Å²) < 4.78 is 5.42. The van der Waals surface area contributed by atoms with E-state index in [1.54, 1.807) is 0 Å². The van der Waals surface area contributed by atoms with Crippen LogP contribution in [-0.2, 0) is 14.3 Å². The maximum atomic E-state index is 12.2. The molecule has 0 spiro atoms. The van der Waals surface area contributed by atoms with Crippen LogP contribution in [0.25, 0.3) is 11.1 Å². The van der Waals surface area contributed by atoms with E-state index in [1.165, 1.54) is 0 Å². The lowest BCUT2D eigenvalue weighted by Crippen LogP contribution is -2.43. The highest BCUT2D eigenvalue weighted by Crippen LogP contribution is 2.44. The van der Waals surface area contributed by atoms with Gasteiger partial charge in [-0.1, -0.05) is 69.3 Å². The summed E-state index contributed by atoms with van der Waals surface area (Å²) in [5.41, 5.74) is 4.38. The topological polar surface area (TPSA) is 125 Å². The number of benzene rings is 2. The highest BCUT2D eigenvalue weighted by molar-refractivity contribution is 5.83. The van der Waals surface area contributed by atoms with Crippen LogP contribution in [0.3, 0.4) is 0 Å². The van der Waals surface area contributed by atoms with Gasteiger partial charge >= 0.3 is 12.1 Å². The van der Waals surface area contributed by atoms with Crippen LogP contribution >= 0.6 is 0 Å². The molecule has 35 heavy (non-hydrogen) atoms. The van der Waals surface area contributed by atoms with Gasteiger partial charge in [0.15, 0.2) is 0 Å². The molecular weight excluding hydrogens is 448 g/mol. The second-order valence-corrected chi connectivity index (χ2v) is 10.1. The van der Waals surface area contributed by atoms with Gasteiger partial charge < -0.3 is 25.6 Å². The van der Waals surface area contributed by atoms with Crippen molar-refractivity contribution in [3.63, 3.8) is 0 Å². The molecule has 1 aliphatic carbocycles. The lowest BCUT2D eigenvalue weighted by atomic mass is 9.88. The molecule has 2 atom stereocenters. The summed E-state index contributed by atoms with van der Waals surface area (Å²) >= 11 is 0. The average Bonchev–Trinajstić information content (AvgIpc) is 3.12. The van der Waals surface area contributed by atoms with Gasteiger partial charge in [0, 0.05) is 12.5 Å².